The summed E-state index contributed by atoms with van der Waals surface area (Å²) in [6.45, 7) is 2.61. The van der Waals surface area contributed by atoms with Crippen molar-refractivity contribution in [1.82, 2.24) is 19.9 Å². The van der Waals surface area contributed by atoms with Crippen molar-refractivity contribution in [2.24, 2.45) is 0 Å². The second-order valence-electron chi connectivity index (χ2n) is 7.17. The van der Waals surface area contributed by atoms with Crippen molar-refractivity contribution in [2.75, 3.05) is 55.1 Å². The van der Waals surface area contributed by atoms with Crippen LogP contribution in [-0.2, 0) is 20.4 Å². The Bertz CT molecular complexity index is 1020. The van der Waals surface area contributed by atoms with Gasteiger partial charge in [-0.15, -0.1) is 0 Å². The molecule has 4 rings (SSSR count). The van der Waals surface area contributed by atoms with E-state index in [1.54, 1.807) is 15.7 Å². The van der Waals surface area contributed by atoms with E-state index in [0.717, 1.165) is 6.20 Å². The van der Waals surface area contributed by atoms with Crippen LogP contribution in [0.15, 0.2) is 18.5 Å². The van der Waals surface area contributed by atoms with Gasteiger partial charge >= 0.3 is 6.18 Å². The van der Waals surface area contributed by atoms with Gasteiger partial charge in [-0.2, -0.15) is 18.2 Å². The predicted octanol–water partition coefficient (Wildman–Crippen LogP) is 1.31. The summed E-state index contributed by atoms with van der Waals surface area (Å²) in [6.07, 6.45) is -2.01. The van der Waals surface area contributed by atoms with Crippen molar-refractivity contribution in [3.63, 3.8) is 0 Å². The van der Waals surface area contributed by atoms with E-state index in [0.29, 0.717) is 45.9 Å². The lowest BCUT2D eigenvalue weighted by molar-refractivity contribution is -0.140. The number of anilines is 3. The second kappa shape index (κ2) is 9.07. The Hall–Kier alpha value is -3.28. The highest BCUT2D eigenvalue weighted by Gasteiger charge is 2.37. The third kappa shape index (κ3) is 4.64. The fourth-order valence-electron chi connectivity index (χ4n) is 3.55. The van der Waals surface area contributed by atoms with Gasteiger partial charge in [0.25, 0.3) is 0 Å². The van der Waals surface area contributed by atoms with Crippen molar-refractivity contribution in [3.05, 3.63) is 24.2 Å². The molecule has 0 amide bonds. The maximum atomic E-state index is 13.7. The van der Waals surface area contributed by atoms with Gasteiger partial charge in [0, 0.05) is 37.5 Å². The minimum atomic E-state index is -4.78. The van der Waals surface area contributed by atoms with Crippen LogP contribution in [0.3, 0.4) is 0 Å². The average molecular weight is 451 g/mol. The number of nitrogen functional groups attached to an aromatic ring is 1. The number of halogens is 3. The molecule has 2 aliphatic rings. The molecular formula is C19H20F3N7O3. The van der Waals surface area contributed by atoms with E-state index in [1.165, 1.54) is 12.3 Å². The van der Waals surface area contributed by atoms with Crippen LogP contribution in [0.1, 0.15) is 12.1 Å². The van der Waals surface area contributed by atoms with E-state index in [1.807, 2.05) is 0 Å². The summed E-state index contributed by atoms with van der Waals surface area (Å²) < 4.78 is 51.8. The van der Waals surface area contributed by atoms with Crippen molar-refractivity contribution < 1.29 is 27.4 Å². The molecule has 1 atom stereocenters. The molecule has 4 heterocycles. The first-order valence-corrected chi connectivity index (χ1v) is 9.86. The van der Waals surface area contributed by atoms with Crippen molar-refractivity contribution >= 4 is 23.7 Å². The second-order valence-corrected chi connectivity index (χ2v) is 7.17. The first-order chi connectivity index (χ1) is 15.4. The molecule has 0 saturated carbocycles. The highest BCUT2D eigenvalue weighted by atomic mass is 19.4. The van der Waals surface area contributed by atoms with Crippen LogP contribution in [0.25, 0.3) is 11.3 Å². The van der Waals surface area contributed by atoms with Gasteiger partial charge in [-0.05, 0) is 6.42 Å². The topological polar surface area (TPSA) is 120 Å². The Morgan fingerprint density at radius 2 is 1.97 bits per heavy atom. The minimum Gasteiger partial charge on any atom is -0.379 e. The molecule has 2 saturated heterocycles. The number of alkyl halides is 3. The van der Waals surface area contributed by atoms with E-state index in [9.17, 15) is 18.0 Å². The Labute approximate surface area is 180 Å². The Balaban J connectivity index is 1.87. The van der Waals surface area contributed by atoms with Crippen molar-refractivity contribution in [3.8, 4) is 11.3 Å². The summed E-state index contributed by atoms with van der Waals surface area (Å²) in [7, 11) is 0. The number of ether oxygens (including phenoxy) is 2. The standard InChI is InChI=1S/C19H20F3N7O3/c20-19(21,22)16-13(10-24-17(23)27-16)14-9-15(29(2-5-30)12-1-6-32-11-12)26-18(25-14)28-3-7-31-8-4-28/h2,9-10,12H,1,3-4,6-8,11H2,(H2,23,24,27)/t12-/m0/s1. The number of carbonyl (C=O) groups excluding carboxylic acids is 1. The van der Waals surface area contributed by atoms with Crippen LogP contribution in [0.2, 0.25) is 0 Å². The number of rotatable bonds is 5. The van der Waals surface area contributed by atoms with Gasteiger partial charge in [-0.3, -0.25) is 0 Å². The molecule has 170 valence electrons. The number of morpholine rings is 1. The molecule has 0 aromatic carbocycles. The van der Waals surface area contributed by atoms with Gasteiger partial charge in [0.05, 0.1) is 37.8 Å². The van der Waals surface area contributed by atoms with E-state index in [2.05, 4.69) is 19.9 Å². The largest absolute Gasteiger partial charge is 0.434 e. The van der Waals surface area contributed by atoms with Gasteiger partial charge in [0.2, 0.25) is 11.9 Å². The zero-order valence-electron chi connectivity index (χ0n) is 16.9. The molecule has 2 N–H and O–H groups in total. The molecule has 2 aromatic rings. The summed E-state index contributed by atoms with van der Waals surface area (Å²) in [4.78, 5) is 30.6. The highest BCUT2D eigenvalue weighted by molar-refractivity contribution is 5.69. The third-order valence-corrected chi connectivity index (χ3v) is 5.10. The van der Waals surface area contributed by atoms with Gasteiger partial charge in [0.15, 0.2) is 5.69 Å². The SMILES string of the molecule is Nc1ncc(-c2cc(N(C=C=O)[C@H]3CCOC3)nc(N3CCOCC3)n2)c(C(F)(F)F)n1. The van der Waals surface area contributed by atoms with Gasteiger partial charge in [0.1, 0.15) is 11.8 Å². The molecule has 2 fully saturated rings. The number of hydrogen-bond acceptors (Lipinski definition) is 10. The molecule has 0 bridgehead atoms. The summed E-state index contributed by atoms with van der Waals surface area (Å²) in [5.74, 6) is 1.66. The van der Waals surface area contributed by atoms with Crippen LogP contribution in [0.4, 0.5) is 30.9 Å². The number of nitrogens with zero attached hydrogens (tertiary/aromatic N) is 6. The summed E-state index contributed by atoms with van der Waals surface area (Å²) >= 11 is 0. The fourth-order valence-corrected chi connectivity index (χ4v) is 3.55. The van der Waals surface area contributed by atoms with Gasteiger partial charge < -0.3 is 25.0 Å². The molecule has 10 nitrogen and oxygen atoms in total. The average Bonchev–Trinajstić information content (AvgIpc) is 3.31. The first kappa shape index (κ1) is 21.9. The van der Waals surface area contributed by atoms with E-state index in [4.69, 9.17) is 15.2 Å². The molecule has 2 aliphatic heterocycles. The lowest BCUT2D eigenvalue weighted by Crippen LogP contribution is -2.38. The summed E-state index contributed by atoms with van der Waals surface area (Å²) in [6, 6.07) is 1.14. The Morgan fingerprint density at radius 3 is 2.62 bits per heavy atom. The van der Waals surface area contributed by atoms with Crippen LogP contribution < -0.4 is 15.5 Å². The van der Waals surface area contributed by atoms with E-state index in [-0.39, 0.29) is 29.1 Å². The van der Waals surface area contributed by atoms with Crippen LogP contribution >= 0.6 is 0 Å². The van der Waals surface area contributed by atoms with Crippen molar-refractivity contribution in [2.45, 2.75) is 18.6 Å². The Kier molecular flexibility index (Phi) is 6.21. The maximum Gasteiger partial charge on any atom is 0.434 e. The molecule has 0 radical (unpaired) electrons. The lowest BCUT2D eigenvalue weighted by Gasteiger charge is -2.29. The monoisotopic (exact) mass is 451 g/mol. The normalized spacial score (nSPS) is 19.0. The molecule has 2 aromatic heterocycles. The highest BCUT2D eigenvalue weighted by Crippen LogP contribution is 2.37. The Morgan fingerprint density at radius 1 is 1.19 bits per heavy atom. The zero-order chi connectivity index (χ0) is 22.7. The van der Waals surface area contributed by atoms with Gasteiger partial charge in [-0.1, -0.05) is 0 Å². The molecule has 0 unspecified atom stereocenters. The quantitative estimate of drug-likeness (QED) is 0.667. The molecule has 0 aliphatic carbocycles. The minimum absolute atomic E-state index is 0.0490. The summed E-state index contributed by atoms with van der Waals surface area (Å²) in [5, 5.41) is 0. The third-order valence-electron chi connectivity index (χ3n) is 5.10. The van der Waals surface area contributed by atoms with Crippen molar-refractivity contribution in [1.29, 1.82) is 0 Å². The fraction of sp³-hybridized carbons (Fsp3) is 0.474. The van der Waals surface area contributed by atoms with E-state index >= 15 is 0 Å². The summed E-state index contributed by atoms with van der Waals surface area (Å²) in [5.41, 5.74) is 3.80. The zero-order valence-corrected chi connectivity index (χ0v) is 16.9. The molecule has 32 heavy (non-hydrogen) atoms. The first-order valence-electron chi connectivity index (χ1n) is 9.86. The lowest BCUT2D eigenvalue weighted by atomic mass is 10.1. The molecular weight excluding hydrogens is 431 g/mol. The molecule has 13 heteroatoms. The van der Waals surface area contributed by atoms with Gasteiger partial charge in [-0.25, -0.2) is 19.7 Å². The number of aromatic nitrogens is 4. The smallest absolute Gasteiger partial charge is 0.379 e. The van der Waals surface area contributed by atoms with E-state index < -0.39 is 17.8 Å². The number of nitrogens with two attached hydrogens (primary N) is 1. The van der Waals surface area contributed by atoms with Crippen LogP contribution in [-0.4, -0.2) is 71.4 Å². The predicted molar refractivity (Wildman–Crippen MR) is 107 cm³/mol. The maximum absolute atomic E-state index is 13.7. The van der Waals surface area contributed by atoms with Crippen LogP contribution in [0, 0.1) is 0 Å². The van der Waals surface area contributed by atoms with Crippen LogP contribution in [0.5, 0.6) is 0 Å². The molecule has 0 spiro atoms. The number of hydrogen-bond donors (Lipinski definition) is 1.